The molecule has 0 saturated heterocycles. The van der Waals surface area contributed by atoms with Gasteiger partial charge in [0.25, 0.3) is 0 Å². The van der Waals surface area contributed by atoms with Crippen molar-refractivity contribution in [1.82, 2.24) is 9.78 Å². The lowest BCUT2D eigenvalue weighted by Crippen LogP contribution is -2.20. The van der Waals surface area contributed by atoms with Crippen LogP contribution in [0.4, 0.5) is 5.82 Å². The Morgan fingerprint density at radius 1 is 1.14 bits per heavy atom. The van der Waals surface area contributed by atoms with E-state index in [2.05, 4.69) is 32.9 Å². The predicted molar refractivity (Wildman–Crippen MR) is 87.9 cm³/mol. The maximum absolute atomic E-state index is 6.46. The first-order chi connectivity index (χ1) is 10.0. The van der Waals surface area contributed by atoms with Crippen molar-refractivity contribution in [1.29, 1.82) is 0 Å². The van der Waals surface area contributed by atoms with Gasteiger partial charge in [-0.15, -0.1) is 0 Å². The van der Waals surface area contributed by atoms with Crippen LogP contribution in [0.3, 0.4) is 0 Å². The van der Waals surface area contributed by atoms with Gasteiger partial charge in [0, 0.05) is 11.0 Å². The summed E-state index contributed by atoms with van der Waals surface area (Å²) in [4.78, 5) is 0. The minimum absolute atomic E-state index is 0.188. The molecule has 1 aliphatic carbocycles. The summed E-state index contributed by atoms with van der Waals surface area (Å²) in [6, 6.07) is 10.2. The second-order valence-electron chi connectivity index (χ2n) is 6.82. The molecule has 0 radical (unpaired) electrons. The molecule has 1 fully saturated rings. The van der Waals surface area contributed by atoms with Gasteiger partial charge in [-0.05, 0) is 30.9 Å². The van der Waals surface area contributed by atoms with Crippen LogP contribution < -0.4 is 5.73 Å². The molecule has 0 aliphatic heterocycles. The Hall–Kier alpha value is -1.77. The fraction of sp³-hybridized carbons (Fsp3) is 0.500. The first-order valence-corrected chi connectivity index (χ1v) is 7.97. The van der Waals surface area contributed by atoms with E-state index in [4.69, 9.17) is 10.8 Å². The molecule has 0 unspecified atom stereocenters. The van der Waals surface area contributed by atoms with Crippen molar-refractivity contribution in [2.75, 3.05) is 5.73 Å². The van der Waals surface area contributed by atoms with Crippen LogP contribution in [0, 0.1) is 0 Å². The van der Waals surface area contributed by atoms with E-state index in [0.717, 1.165) is 11.5 Å². The highest BCUT2D eigenvalue weighted by molar-refractivity contribution is 5.53. The molecule has 3 nitrogen and oxygen atoms in total. The first kappa shape index (κ1) is 14.2. The fourth-order valence-electron chi connectivity index (χ4n) is 3.62. The van der Waals surface area contributed by atoms with Gasteiger partial charge in [0.1, 0.15) is 5.82 Å². The summed E-state index contributed by atoms with van der Waals surface area (Å²) in [5, 5.41) is 4.95. The second kappa shape index (κ2) is 5.21. The minimum atomic E-state index is 0.188. The average Bonchev–Trinajstić information content (AvgIpc) is 3.05. The smallest absolute Gasteiger partial charge is 0.130 e. The van der Waals surface area contributed by atoms with Crippen molar-refractivity contribution in [2.45, 2.75) is 57.8 Å². The molecular weight excluding hydrogens is 258 g/mol. The number of nitrogens with two attached hydrogens (primary N) is 1. The lowest BCUT2D eigenvalue weighted by molar-refractivity contribution is 0.465. The summed E-state index contributed by atoms with van der Waals surface area (Å²) in [5.41, 5.74) is 10.2. The number of aromatic nitrogens is 2. The molecule has 2 N–H and O–H groups in total. The molecule has 1 aromatic heterocycles. The lowest BCUT2D eigenvalue weighted by atomic mass is 9.81. The van der Waals surface area contributed by atoms with Gasteiger partial charge in [-0.3, -0.25) is 0 Å². The maximum Gasteiger partial charge on any atom is 0.130 e. The van der Waals surface area contributed by atoms with Crippen molar-refractivity contribution in [3.05, 3.63) is 41.6 Å². The number of hydrogen-bond donors (Lipinski definition) is 1. The number of nitrogen functional groups attached to an aromatic ring is 1. The molecule has 0 spiro atoms. The zero-order chi connectivity index (χ0) is 15.0. The average molecular weight is 283 g/mol. The van der Waals surface area contributed by atoms with Gasteiger partial charge in [0.2, 0.25) is 0 Å². The molecule has 0 amide bonds. The highest BCUT2D eigenvalue weighted by Gasteiger charge is 2.37. The Labute approximate surface area is 127 Å². The third kappa shape index (κ3) is 2.35. The number of benzene rings is 1. The van der Waals surface area contributed by atoms with Crippen LogP contribution >= 0.6 is 0 Å². The van der Waals surface area contributed by atoms with Crippen LogP contribution in [-0.4, -0.2) is 9.78 Å². The summed E-state index contributed by atoms with van der Waals surface area (Å²) >= 11 is 0. The molecule has 2 aromatic rings. The molecule has 1 aromatic carbocycles. The highest BCUT2D eigenvalue weighted by atomic mass is 15.3. The molecule has 21 heavy (non-hydrogen) atoms. The van der Waals surface area contributed by atoms with E-state index >= 15 is 0 Å². The molecular formula is C18H25N3. The highest BCUT2D eigenvalue weighted by Crippen LogP contribution is 2.44. The number of hydrogen-bond acceptors (Lipinski definition) is 2. The van der Waals surface area contributed by atoms with Gasteiger partial charge in [0.15, 0.2) is 0 Å². The van der Waals surface area contributed by atoms with Gasteiger partial charge >= 0.3 is 0 Å². The van der Waals surface area contributed by atoms with Crippen LogP contribution in [0.1, 0.15) is 63.6 Å². The number of nitrogens with zero attached hydrogens (tertiary/aromatic N) is 2. The predicted octanol–water partition coefficient (Wildman–Crippen LogP) is 4.41. The van der Waals surface area contributed by atoms with E-state index in [1.54, 1.807) is 0 Å². The van der Waals surface area contributed by atoms with E-state index in [9.17, 15) is 0 Å². The molecule has 3 heteroatoms. The standard InChI is InChI=1S/C18H25N3/c1-13(2)15-16(18(3)11-7-8-12-18)20-21(17(15)19)14-9-5-4-6-10-14/h4-6,9-10,13H,7-8,11-12,19H2,1-3H3. The van der Waals surface area contributed by atoms with Crippen LogP contribution in [0.2, 0.25) is 0 Å². The van der Waals surface area contributed by atoms with Gasteiger partial charge in [-0.2, -0.15) is 5.10 Å². The van der Waals surface area contributed by atoms with Gasteiger partial charge < -0.3 is 5.73 Å². The summed E-state index contributed by atoms with van der Waals surface area (Å²) in [6.45, 7) is 6.78. The topological polar surface area (TPSA) is 43.8 Å². The third-order valence-corrected chi connectivity index (χ3v) is 4.82. The van der Waals surface area contributed by atoms with E-state index < -0.39 is 0 Å². The molecule has 0 atom stereocenters. The van der Waals surface area contributed by atoms with Crippen molar-refractivity contribution >= 4 is 5.82 Å². The quantitative estimate of drug-likeness (QED) is 0.906. The maximum atomic E-state index is 6.46. The number of anilines is 1. The molecule has 3 rings (SSSR count). The van der Waals surface area contributed by atoms with E-state index in [1.165, 1.54) is 36.9 Å². The Morgan fingerprint density at radius 3 is 2.33 bits per heavy atom. The van der Waals surface area contributed by atoms with Gasteiger partial charge in [-0.1, -0.05) is 51.8 Å². The summed E-state index contributed by atoms with van der Waals surface area (Å²) in [7, 11) is 0. The summed E-state index contributed by atoms with van der Waals surface area (Å²) < 4.78 is 1.92. The Bertz CT molecular complexity index is 619. The minimum Gasteiger partial charge on any atom is -0.383 e. The second-order valence-corrected chi connectivity index (χ2v) is 6.82. The normalized spacial score (nSPS) is 17.5. The molecule has 0 bridgehead atoms. The summed E-state index contributed by atoms with van der Waals surface area (Å²) in [6.07, 6.45) is 5.04. The fourth-order valence-corrected chi connectivity index (χ4v) is 3.62. The van der Waals surface area contributed by atoms with E-state index in [0.29, 0.717) is 5.92 Å². The zero-order valence-electron chi connectivity index (χ0n) is 13.3. The van der Waals surface area contributed by atoms with Gasteiger partial charge in [0.05, 0.1) is 11.4 Å². The Morgan fingerprint density at radius 2 is 1.76 bits per heavy atom. The van der Waals surface area contributed by atoms with E-state index in [1.807, 2.05) is 22.9 Å². The SMILES string of the molecule is CC(C)c1c(C2(C)CCCC2)nn(-c2ccccc2)c1N. The number of para-hydroxylation sites is 1. The largest absolute Gasteiger partial charge is 0.383 e. The molecule has 112 valence electrons. The van der Waals surface area contributed by atoms with Crippen molar-refractivity contribution < 1.29 is 0 Å². The van der Waals surface area contributed by atoms with Gasteiger partial charge in [-0.25, -0.2) is 4.68 Å². The van der Waals surface area contributed by atoms with Crippen molar-refractivity contribution in [2.24, 2.45) is 0 Å². The van der Waals surface area contributed by atoms with Crippen LogP contribution in [0.25, 0.3) is 5.69 Å². The molecule has 1 aliphatic rings. The first-order valence-electron chi connectivity index (χ1n) is 7.97. The summed E-state index contributed by atoms with van der Waals surface area (Å²) in [5.74, 6) is 1.20. The Kier molecular flexibility index (Phi) is 3.52. The molecule has 1 saturated carbocycles. The van der Waals surface area contributed by atoms with Crippen LogP contribution in [-0.2, 0) is 5.41 Å². The molecule has 1 heterocycles. The zero-order valence-corrected chi connectivity index (χ0v) is 13.3. The lowest BCUT2D eigenvalue weighted by Gasteiger charge is -2.23. The van der Waals surface area contributed by atoms with E-state index in [-0.39, 0.29) is 5.41 Å². The number of rotatable bonds is 3. The van der Waals surface area contributed by atoms with Crippen molar-refractivity contribution in [3.63, 3.8) is 0 Å². The van der Waals surface area contributed by atoms with Crippen LogP contribution in [0.15, 0.2) is 30.3 Å². The third-order valence-electron chi connectivity index (χ3n) is 4.82. The van der Waals surface area contributed by atoms with Crippen LogP contribution in [0.5, 0.6) is 0 Å². The monoisotopic (exact) mass is 283 g/mol. The Balaban J connectivity index is 2.16. The van der Waals surface area contributed by atoms with Crippen molar-refractivity contribution in [3.8, 4) is 5.69 Å².